The molecular formula is C17H33IN4. The van der Waals surface area contributed by atoms with Crippen molar-refractivity contribution < 1.29 is 0 Å². The SMILES string of the molecule is C=C(C)CN1CCC(NC(=NC)NC2CC2CCC)CC1.I. The summed E-state index contributed by atoms with van der Waals surface area (Å²) < 4.78 is 0. The summed E-state index contributed by atoms with van der Waals surface area (Å²) >= 11 is 0. The minimum Gasteiger partial charge on any atom is -0.354 e. The van der Waals surface area contributed by atoms with Crippen molar-refractivity contribution >= 4 is 29.9 Å². The second-order valence-corrected chi connectivity index (χ2v) is 6.76. The lowest BCUT2D eigenvalue weighted by atomic mass is 10.0. The summed E-state index contributed by atoms with van der Waals surface area (Å²) in [5, 5.41) is 7.18. The van der Waals surface area contributed by atoms with Crippen LogP contribution >= 0.6 is 24.0 Å². The maximum Gasteiger partial charge on any atom is 0.191 e. The standard InChI is InChI=1S/C17H32N4.HI/c1-5-6-14-11-16(14)20-17(18-4)19-15-7-9-21(10-8-15)12-13(2)3;/h14-16H,2,5-12H2,1,3-4H3,(H2,18,19,20);1H. The number of halogens is 1. The first kappa shape index (κ1) is 19.7. The Hall–Kier alpha value is -0.300. The van der Waals surface area contributed by atoms with Gasteiger partial charge in [-0.15, -0.1) is 24.0 Å². The van der Waals surface area contributed by atoms with Crippen molar-refractivity contribution in [2.75, 3.05) is 26.7 Å². The molecule has 1 aliphatic heterocycles. The van der Waals surface area contributed by atoms with E-state index in [9.17, 15) is 0 Å². The second kappa shape index (κ2) is 9.75. The summed E-state index contributed by atoms with van der Waals surface area (Å²) in [4.78, 5) is 6.89. The van der Waals surface area contributed by atoms with E-state index in [1.54, 1.807) is 0 Å². The van der Waals surface area contributed by atoms with Crippen LogP contribution < -0.4 is 10.6 Å². The van der Waals surface area contributed by atoms with Crippen molar-refractivity contribution in [2.45, 2.75) is 58.0 Å². The summed E-state index contributed by atoms with van der Waals surface area (Å²) in [5.74, 6) is 1.86. The quantitative estimate of drug-likeness (QED) is 0.300. The van der Waals surface area contributed by atoms with Crippen LogP contribution in [0.15, 0.2) is 17.1 Å². The highest BCUT2D eigenvalue weighted by atomic mass is 127. The van der Waals surface area contributed by atoms with E-state index in [0.29, 0.717) is 12.1 Å². The first-order valence-electron chi connectivity index (χ1n) is 8.49. The fourth-order valence-electron chi connectivity index (χ4n) is 3.27. The van der Waals surface area contributed by atoms with E-state index < -0.39 is 0 Å². The third-order valence-corrected chi connectivity index (χ3v) is 4.55. The summed E-state index contributed by atoms with van der Waals surface area (Å²) in [5.41, 5.74) is 1.26. The van der Waals surface area contributed by atoms with Crippen LogP contribution in [0.4, 0.5) is 0 Å². The molecule has 128 valence electrons. The van der Waals surface area contributed by atoms with Gasteiger partial charge in [-0.05, 0) is 38.5 Å². The molecule has 0 radical (unpaired) electrons. The number of likely N-dealkylation sites (tertiary alicyclic amines) is 1. The van der Waals surface area contributed by atoms with Crippen LogP contribution in [-0.2, 0) is 0 Å². The second-order valence-electron chi connectivity index (χ2n) is 6.76. The van der Waals surface area contributed by atoms with Gasteiger partial charge < -0.3 is 10.6 Å². The highest BCUT2D eigenvalue weighted by Gasteiger charge is 2.36. The number of hydrogen-bond donors (Lipinski definition) is 2. The molecule has 1 saturated heterocycles. The number of hydrogen-bond acceptors (Lipinski definition) is 2. The minimum atomic E-state index is 0. The third-order valence-electron chi connectivity index (χ3n) is 4.55. The third kappa shape index (κ3) is 6.44. The van der Waals surface area contributed by atoms with Crippen molar-refractivity contribution in [3.05, 3.63) is 12.2 Å². The Morgan fingerprint density at radius 3 is 2.50 bits per heavy atom. The van der Waals surface area contributed by atoms with Crippen LogP contribution in [-0.4, -0.2) is 49.6 Å². The molecule has 0 aromatic heterocycles. The lowest BCUT2D eigenvalue weighted by Gasteiger charge is -2.33. The fourth-order valence-corrected chi connectivity index (χ4v) is 3.27. The molecule has 5 heteroatoms. The number of aliphatic imine (C=N–C) groups is 1. The summed E-state index contributed by atoms with van der Waals surface area (Å²) in [7, 11) is 1.88. The van der Waals surface area contributed by atoms with E-state index in [0.717, 1.165) is 31.5 Å². The molecule has 1 saturated carbocycles. The molecule has 0 aromatic rings. The van der Waals surface area contributed by atoms with Crippen molar-refractivity contribution in [1.82, 2.24) is 15.5 Å². The van der Waals surface area contributed by atoms with Crippen molar-refractivity contribution in [3.63, 3.8) is 0 Å². The molecule has 0 aromatic carbocycles. The van der Waals surface area contributed by atoms with Crippen LogP contribution in [0.1, 0.15) is 46.0 Å². The predicted molar refractivity (Wildman–Crippen MR) is 106 cm³/mol. The molecule has 2 N–H and O–H groups in total. The summed E-state index contributed by atoms with van der Waals surface area (Å²) in [6, 6.07) is 1.21. The number of piperidine rings is 1. The van der Waals surface area contributed by atoms with E-state index in [1.165, 1.54) is 37.7 Å². The Morgan fingerprint density at radius 1 is 1.27 bits per heavy atom. The predicted octanol–water partition coefficient (Wildman–Crippen LogP) is 3.00. The molecule has 2 unspecified atom stereocenters. The highest BCUT2D eigenvalue weighted by Crippen LogP contribution is 2.34. The number of nitrogens with one attached hydrogen (secondary N) is 2. The number of guanidine groups is 1. The lowest BCUT2D eigenvalue weighted by Crippen LogP contribution is -2.49. The van der Waals surface area contributed by atoms with Crippen LogP contribution in [0.2, 0.25) is 0 Å². The van der Waals surface area contributed by atoms with Gasteiger partial charge in [0.25, 0.3) is 0 Å². The lowest BCUT2D eigenvalue weighted by molar-refractivity contribution is 0.221. The first-order valence-corrected chi connectivity index (χ1v) is 8.49. The van der Waals surface area contributed by atoms with E-state index in [-0.39, 0.29) is 24.0 Å². The normalized spacial score (nSPS) is 26.2. The molecule has 2 aliphatic rings. The Kier molecular flexibility index (Phi) is 8.75. The molecule has 0 amide bonds. The average Bonchev–Trinajstić information content (AvgIpc) is 3.18. The highest BCUT2D eigenvalue weighted by molar-refractivity contribution is 14.0. The summed E-state index contributed by atoms with van der Waals surface area (Å²) in [6.07, 6.45) is 6.32. The Bertz CT molecular complexity index is 375. The summed E-state index contributed by atoms with van der Waals surface area (Å²) in [6.45, 7) is 11.7. The monoisotopic (exact) mass is 420 g/mol. The molecule has 1 aliphatic carbocycles. The van der Waals surface area contributed by atoms with Gasteiger partial charge in [0.05, 0.1) is 0 Å². The maximum absolute atomic E-state index is 4.39. The van der Waals surface area contributed by atoms with Gasteiger partial charge in [0.15, 0.2) is 5.96 Å². The van der Waals surface area contributed by atoms with Gasteiger partial charge in [-0.1, -0.05) is 25.5 Å². The largest absolute Gasteiger partial charge is 0.354 e. The van der Waals surface area contributed by atoms with Crippen molar-refractivity contribution in [1.29, 1.82) is 0 Å². The first-order chi connectivity index (χ1) is 10.1. The van der Waals surface area contributed by atoms with Crippen LogP contribution in [0, 0.1) is 5.92 Å². The van der Waals surface area contributed by atoms with Crippen LogP contribution in [0.3, 0.4) is 0 Å². The number of nitrogens with zero attached hydrogens (tertiary/aromatic N) is 2. The molecule has 22 heavy (non-hydrogen) atoms. The van der Waals surface area contributed by atoms with Crippen LogP contribution in [0.25, 0.3) is 0 Å². The van der Waals surface area contributed by atoms with E-state index >= 15 is 0 Å². The van der Waals surface area contributed by atoms with E-state index in [4.69, 9.17) is 0 Å². The van der Waals surface area contributed by atoms with Gasteiger partial charge in [0.2, 0.25) is 0 Å². The van der Waals surface area contributed by atoms with Gasteiger partial charge in [-0.3, -0.25) is 9.89 Å². The zero-order valence-corrected chi connectivity index (χ0v) is 16.7. The van der Waals surface area contributed by atoms with E-state index in [2.05, 4.69) is 41.0 Å². The van der Waals surface area contributed by atoms with Crippen molar-refractivity contribution in [3.8, 4) is 0 Å². The smallest absolute Gasteiger partial charge is 0.191 e. The molecule has 2 fully saturated rings. The molecular weight excluding hydrogens is 387 g/mol. The van der Waals surface area contributed by atoms with Crippen LogP contribution in [0.5, 0.6) is 0 Å². The molecule has 2 atom stereocenters. The van der Waals surface area contributed by atoms with Gasteiger partial charge in [-0.25, -0.2) is 0 Å². The maximum atomic E-state index is 4.39. The van der Waals surface area contributed by atoms with Gasteiger partial charge in [0.1, 0.15) is 0 Å². The fraction of sp³-hybridized carbons (Fsp3) is 0.824. The number of rotatable bonds is 6. The Morgan fingerprint density at radius 2 is 1.95 bits per heavy atom. The topological polar surface area (TPSA) is 39.7 Å². The molecule has 2 rings (SSSR count). The van der Waals surface area contributed by atoms with Gasteiger partial charge in [-0.2, -0.15) is 0 Å². The minimum absolute atomic E-state index is 0. The molecule has 1 heterocycles. The molecule has 4 nitrogen and oxygen atoms in total. The van der Waals surface area contributed by atoms with Gasteiger partial charge >= 0.3 is 0 Å². The molecule has 0 spiro atoms. The zero-order chi connectivity index (χ0) is 15.2. The zero-order valence-electron chi connectivity index (χ0n) is 14.4. The van der Waals surface area contributed by atoms with Crippen molar-refractivity contribution in [2.24, 2.45) is 10.9 Å². The Labute approximate surface area is 153 Å². The van der Waals surface area contributed by atoms with Gasteiger partial charge in [0, 0.05) is 38.8 Å². The Balaban J connectivity index is 0.00000242. The average molecular weight is 420 g/mol. The molecule has 0 bridgehead atoms. The van der Waals surface area contributed by atoms with E-state index in [1.807, 2.05) is 7.05 Å².